The van der Waals surface area contributed by atoms with Crippen molar-refractivity contribution < 1.29 is 32.0 Å². The standard InChI is InChI=1S/C17H9BrF4N2O3/c1-8(25)27-17(21)16(26)24(22)12-7-6-10(18)14(20)13(12)15(23-17)9-4-2-3-5-11(9)19/h2-7H,1H3. The van der Waals surface area contributed by atoms with Crippen molar-refractivity contribution in [2.45, 2.75) is 12.9 Å². The maximum Gasteiger partial charge on any atom is 0.436 e. The smallest absolute Gasteiger partial charge is 0.401 e. The number of halogens is 5. The van der Waals surface area contributed by atoms with Crippen molar-refractivity contribution in [2.24, 2.45) is 4.99 Å². The van der Waals surface area contributed by atoms with Gasteiger partial charge in [-0.1, -0.05) is 16.6 Å². The molecule has 2 aromatic carbocycles. The number of anilines is 1. The third-order valence-corrected chi connectivity index (χ3v) is 4.24. The molecule has 2 aromatic rings. The highest BCUT2D eigenvalue weighted by molar-refractivity contribution is 9.10. The van der Waals surface area contributed by atoms with E-state index >= 15 is 4.39 Å². The number of hydrogen-bond acceptors (Lipinski definition) is 4. The van der Waals surface area contributed by atoms with Gasteiger partial charge in [-0.2, -0.15) is 9.38 Å². The first-order chi connectivity index (χ1) is 12.7. The van der Waals surface area contributed by atoms with E-state index in [0.717, 1.165) is 31.2 Å². The highest BCUT2D eigenvalue weighted by Gasteiger charge is 2.51. The fraction of sp³-hybridized carbons (Fsp3) is 0.118. The van der Waals surface area contributed by atoms with E-state index in [0.29, 0.717) is 0 Å². The summed E-state index contributed by atoms with van der Waals surface area (Å²) in [6.45, 7) is 0.769. The summed E-state index contributed by atoms with van der Waals surface area (Å²) in [5.74, 6) is -9.21. The molecule has 5 nitrogen and oxygen atoms in total. The number of carbonyl (C=O) groups excluding carboxylic acids is 2. The van der Waals surface area contributed by atoms with E-state index in [1.54, 1.807) is 0 Å². The Morgan fingerprint density at radius 2 is 1.89 bits per heavy atom. The van der Waals surface area contributed by atoms with Gasteiger partial charge in [-0.25, -0.2) is 8.78 Å². The van der Waals surface area contributed by atoms with Crippen molar-refractivity contribution in [1.29, 1.82) is 0 Å². The first-order valence-corrected chi connectivity index (χ1v) is 8.17. The van der Waals surface area contributed by atoms with Crippen LogP contribution in [0.2, 0.25) is 0 Å². The highest BCUT2D eigenvalue weighted by Crippen LogP contribution is 2.38. The van der Waals surface area contributed by atoms with Crippen LogP contribution >= 0.6 is 15.9 Å². The first-order valence-electron chi connectivity index (χ1n) is 7.37. The highest BCUT2D eigenvalue weighted by atomic mass is 79.9. The number of benzodiazepines with no additional fused rings is 1. The van der Waals surface area contributed by atoms with Crippen LogP contribution in [0.25, 0.3) is 0 Å². The molecule has 0 saturated carbocycles. The number of hydrogen-bond donors (Lipinski definition) is 0. The number of alkyl halides is 1. The molecule has 1 aliphatic heterocycles. The molecule has 0 fully saturated rings. The Kier molecular flexibility index (Phi) is 4.77. The summed E-state index contributed by atoms with van der Waals surface area (Å²) in [5.41, 5.74) is -2.57. The average molecular weight is 445 g/mol. The van der Waals surface area contributed by atoms with E-state index in [2.05, 4.69) is 25.7 Å². The number of fused-ring (bicyclic) bond motifs is 1. The molecule has 0 spiro atoms. The van der Waals surface area contributed by atoms with Gasteiger partial charge in [0.15, 0.2) is 0 Å². The van der Waals surface area contributed by atoms with Gasteiger partial charge in [-0.15, -0.1) is 5.12 Å². The Balaban J connectivity index is 2.41. The maximum absolute atomic E-state index is 15.1. The lowest BCUT2D eigenvalue weighted by atomic mass is 9.99. The molecule has 10 heteroatoms. The predicted molar refractivity (Wildman–Crippen MR) is 90.3 cm³/mol. The Morgan fingerprint density at radius 3 is 2.52 bits per heavy atom. The van der Waals surface area contributed by atoms with Crippen molar-refractivity contribution in [3.05, 3.63) is 63.6 Å². The summed E-state index contributed by atoms with van der Waals surface area (Å²) < 4.78 is 62.8. The topological polar surface area (TPSA) is 59.0 Å². The molecule has 0 aromatic heterocycles. The van der Waals surface area contributed by atoms with E-state index in [1.807, 2.05) is 0 Å². The number of carbonyl (C=O) groups is 2. The molecule has 0 aliphatic carbocycles. The zero-order valence-electron chi connectivity index (χ0n) is 13.5. The summed E-state index contributed by atoms with van der Waals surface area (Å²) in [6, 6.07) is 6.82. The SMILES string of the molecule is CC(=O)OC1(F)N=C(c2ccccc2F)c2c(ccc(Br)c2F)N(F)C1=O. The van der Waals surface area contributed by atoms with Crippen molar-refractivity contribution >= 4 is 39.2 Å². The van der Waals surface area contributed by atoms with E-state index in [1.165, 1.54) is 12.1 Å². The van der Waals surface area contributed by atoms with Crippen LogP contribution in [0.1, 0.15) is 18.1 Å². The van der Waals surface area contributed by atoms with Gasteiger partial charge in [-0.05, 0) is 40.2 Å². The molecule has 0 N–H and O–H groups in total. The van der Waals surface area contributed by atoms with Crippen molar-refractivity contribution in [3.8, 4) is 0 Å². The third-order valence-electron chi connectivity index (χ3n) is 3.63. The van der Waals surface area contributed by atoms with Crippen LogP contribution in [-0.4, -0.2) is 23.6 Å². The second-order valence-corrected chi connectivity index (χ2v) is 6.29. The van der Waals surface area contributed by atoms with Gasteiger partial charge in [0, 0.05) is 12.5 Å². The zero-order valence-corrected chi connectivity index (χ0v) is 15.1. The lowest BCUT2D eigenvalue weighted by molar-refractivity contribution is -0.186. The number of rotatable bonds is 2. The Hall–Kier alpha value is -2.75. The van der Waals surface area contributed by atoms with Gasteiger partial charge >= 0.3 is 17.9 Å². The maximum atomic E-state index is 15.1. The average Bonchev–Trinajstić information content (AvgIpc) is 2.68. The van der Waals surface area contributed by atoms with E-state index in [9.17, 15) is 22.9 Å². The van der Waals surface area contributed by atoms with Crippen LogP contribution in [0.4, 0.5) is 23.3 Å². The van der Waals surface area contributed by atoms with Crippen LogP contribution in [0.3, 0.4) is 0 Å². The quantitative estimate of drug-likeness (QED) is 0.304. The molecule has 1 heterocycles. The molecular formula is C17H9BrF4N2O3. The van der Waals surface area contributed by atoms with Crippen molar-refractivity contribution in [2.75, 3.05) is 5.12 Å². The number of aliphatic imine (C=N–C) groups is 1. The summed E-state index contributed by atoms with van der Waals surface area (Å²) in [7, 11) is 0. The molecule has 1 amide bonds. The third kappa shape index (κ3) is 3.20. The van der Waals surface area contributed by atoms with Gasteiger partial charge in [0.05, 0.1) is 21.4 Å². The molecule has 1 aliphatic rings. The fourth-order valence-corrected chi connectivity index (χ4v) is 2.84. The number of ether oxygens (including phenoxy) is 1. The number of nitrogens with zero attached hydrogens (tertiary/aromatic N) is 2. The fourth-order valence-electron chi connectivity index (χ4n) is 2.51. The lowest BCUT2D eigenvalue weighted by Gasteiger charge is -2.20. The second kappa shape index (κ2) is 6.76. The molecule has 0 bridgehead atoms. The normalized spacial score (nSPS) is 19.3. The summed E-state index contributed by atoms with van der Waals surface area (Å²) in [4.78, 5) is 26.7. The largest absolute Gasteiger partial charge is 0.436 e. The monoisotopic (exact) mass is 444 g/mol. The van der Waals surface area contributed by atoms with Gasteiger partial charge in [0.2, 0.25) is 0 Å². The lowest BCUT2D eigenvalue weighted by Crippen LogP contribution is -2.44. The predicted octanol–water partition coefficient (Wildman–Crippen LogP) is 3.98. The number of benzene rings is 2. The second-order valence-electron chi connectivity index (χ2n) is 5.44. The number of esters is 1. The van der Waals surface area contributed by atoms with Gasteiger partial charge in [-0.3, -0.25) is 9.59 Å². The van der Waals surface area contributed by atoms with Crippen LogP contribution < -0.4 is 5.12 Å². The molecular weight excluding hydrogens is 436 g/mol. The Morgan fingerprint density at radius 1 is 1.22 bits per heavy atom. The first kappa shape index (κ1) is 19.0. The van der Waals surface area contributed by atoms with E-state index < -0.39 is 57.1 Å². The van der Waals surface area contributed by atoms with E-state index in [4.69, 9.17) is 0 Å². The molecule has 27 heavy (non-hydrogen) atoms. The van der Waals surface area contributed by atoms with Crippen molar-refractivity contribution in [1.82, 2.24) is 0 Å². The van der Waals surface area contributed by atoms with E-state index in [-0.39, 0.29) is 4.47 Å². The Labute approximate surface area is 158 Å². The van der Waals surface area contributed by atoms with Crippen LogP contribution in [0, 0.1) is 11.6 Å². The molecule has 1 unspecified atom stereocenters. The van der Waals surface area contributed by atoms with Crippen molar-refractivity contribution in [3.63, 3.8) is 0 Å². The minimum atomic E-state index is -3.85. The molecule has 1 atom stereocenters. The summed E-state index contributed by atoms with van der Waals surface area (Å²) in [6.07, 6.45) is 0. The minimum absolute atomic E-state index is 0.162. The summed E-state index contributed by atoms with van der Waals surface area (Å²) in [5, 5.41) is -0.731. The summed E-state index contributed by atoms with van der Waals surface area (Å²) >= 11 is 2.89. The zero-order chi connectivity index (χ0) is 19.9. The van der Waals surface area contributed by atoms with Crippen LogP contribution in [0.15, 0.2) is 45.9 Å². The molecule has 3 rings (SSSR count). The van der Waals surface area contributed by atoms with Crippen LogP contribution in [-0.2, 0) is 14.3 Å². The molecule has 0 radical (unpaired) electrons. The number of amides is 1. The van der Waals surface area contributed by atoms with Crippen LogP contribution in [0.5, 0.6) is 0 Å². The minimum Gasteiger partial charge on any atom is -0.401 e. The molecule has 140 valence electrons. The van der Waals surface area contributed by atoms with Gasteiger partial charge < -0.3 is 4.74 Å². The van der Waals surface area contributed by atoms with Gasteiger partial charge in [0.1, 0.15) is 11.6 Å². The Bertz CT molecular complexity index is 998. The molecule has 0 saturated heterocycles. The van der Waals surface area contributed by atoms with Gasteiger partial charge in [0.25, 0.3) is 0 Å².